The molecule has 1 saturated carbocycles. The lowest BCUT2D eigenvalue weighted by atomic mass is 9.80. The van der Waals surface area contributed by atoms with Crippen LogP contribution in [0.25, 0.3) is 0 Å². The Balaban J connectivity index is 1.99. The Hall–Kier alpha value is -1.07. The summed E-state index contributed by atoms with van der Waals surface area (Å²) in [5, 5.41) is 0. The van der Waals surface area contributed by atoms with Crippen molar-refractivity contribution in [3.05, 3.63) is 35.6 Å². The van der Waals surface area contributed by atoms with E-state index in [-0.39, 0.29) is 30.6 Å². The number of nitrogens with one attached hydrogen (secondary N) is 1. The van der Waals surface area contributed by atoms with Gasteiger partial charge in [0.15, 0.2) is 0 Å². The summed E-state index contributed by atoms with van der Waals surface area (Å²) >= 11 is 0. The Kier molecular flexibility index (Phi) is 4.47. The minimum absolute atomic E-state index is 0.0734. The first-order chi connectivity index (χ1) is 9.02. The molecule has 1 aliphatic carbocycles. The zero-order valence-corrected chi connectivity index (χ0v) is 10.7. The Morgan fingerprint density at radius 3 is 2.47 bits per heavy atom. The molecule has 0 aromatic heterocycles. The van der Waals surface area contributed by atoms with Crippen molar-refractivity contribution in [1.29, 1.82) is 0 Å². The van der Waals surface area contributed by atoms with E-state index >= 15 is 0 Å². The molecule has 19 heavy (non-hydrogen) atoms. The Morgan fingerprint density at radius 2 is 1.89 bits per heavy atom. The third kappa shape index (κ3) is 3.70. The van der Waals surface area contributed by atoms with Crippen LogP contribution in [0.2, 0.25) is 0 Å². The molecule has 0 bridgehead atoms. The number of nitrogens with two attached hydrogens (primary N) is 1. The molecule has 1 aromatic rings. The summed E-state index contributed by atoms with van der Waals surface area (Å²) in [7, 11) is 0. The average molecular weight is 272 g/mol. The fraction of sp³-hybridized carbons (Fsp3) is 0.571. The van der Waals surface area contributed by atoms with Crippen molar-refractivity contribution in [3.8, 4) is 0 Å². The second-order valence-electron chi connectivity index (χ2n) is 5.26. The van der Waals surface area contributed by atoms with Gasteiger partial charge in [-0.15, -0.1) is 0 Å². The highest BCUT2D eigenvalue weighted by molar-refractivity contribution is 5.18. The van der Waals surface area contributed by atoms with Crippen molar-refractivity contribution >= 4 is 0 Å². The number of hydrogen-bond donors (Lipinski definition) is 2. The molecule has 0 spiro atoms. The van der Waals surface area contributed by atoms with Crippen LogP contribution in [0.1, 0.15) is 31.2 Å². The van der Waals surface area contributed by atoms with Crippen molar-refractivity contribution in [3.63, 3.8) is 0 Å². The lowest BCUT2D eigenvalue weighted by Gasteiger charge is -2.33. The maximum Gasteiger partial charge on any atom is 0.248 e. The highest BCUT2D eigenvalue weighted by atomic mass is 19.3. The van der Waals surface area contributed by atoms with E-state index in [9.17, 15) is 13.2 Å². The summed E-state index contributed by atoms with van der Waals surface area (Å²) in [6.45, 7) is 0. The number of benzene rings is 1. The molecule has 1 atom stereocenters. The number of rotatable bonds is 4. The minimum atomic E-state index is -2.55. The highest BCUT2D eigenvalue weighted by Crippen LogP contribution is 2.37. The van der Waals surface area contributed by atoms with Crippen LogP contribution >= 0.6 is 0 Å². The maximum atomic E-state index is 13.6. The monoisotopic (exact) mass is 272 g/mol. The second kappa shape index (κ2) is 5.92. The van der Waals surface area contributed by atoms with E-state index in [1.165, 1.54) is 6.07 Å². The van der Waals surface area contributed by atoms with Crippen molar-refractivity contribution in [1.82, 2.24) is 5.43 Å². The van der Waals surface area contributed by atoms with Crippen LogP contribution in [-0.4, -0.2) is 12.0 Å². The van der Waals surface area contributed by atoms with Crippen LogP contribution in [0.15, 0.2) is 24.3 Å². The fourth-order valence-corrected chi connectivity index (χ4v) is 2.73. The van der Waals surface area contributed by atoms with Gasteiger partial charge in [0.25, 0.3) is 0 Å². The first-order valence-corrected chi connectivity index (χ1v) is 6.59. The third-order valence-corrected chi connectivity index (χ3v) is 3.94. The molecule has 0 saturated heterocycles. The standard InChI is InChI=1S/C14H19F3N2/c15-12-4-2-1-3-11(12)9-13(19-18)10-5-7-14(16,17)8-6-10/h1-4,10,13,19H,5-9,18H2. The van der Waals surface area contributed by atoms with Crippen molar-refractivity contribution in [2.75, 3.05) is 0 Å². The van der Waals surface area contributed by atoms with E-state index < -0.39 is 5.92 Å². The summed E-state index contributed by atoms with van der Waals surface area (Å²) in [5.41, 5.74) is 3.24. The van der Waals surface area contributed by atoms with E-state index in [1.807, 2.05) is 0 Å². The van der Waals surface area contributed by atoms with Crippen molar-refractivity contribution in [2.45, 2.75) is 44.1 Å². The molecule has 3 N–H and O–H groups in total. The van der Waals surface area contributed by atoms with Crippen molar-refractivity contribution in [2.24, 2.45) is 11.8 Å². The van der Waals surface area contributed by atoms with Crippen molar-refractivity contribution < 1.29 is 13.2 Å². The lowest BCUT2D eigenvalue weighted by Crippen LogP contribution is -2.45. The minimum Gasteiger partial charge on any atom is -0.271 e. The maximum absolute atomic E-state index is 13.6. The molecule has 2 rings (SSSR count). The van der Waals surface area contributed by atoms with Crippen LogP contribution in [0.4, 0.5) is 13.2 Å². The van der Waals surface area contributed by atoms with Gasteiger partial charge in [-0.3, -0.25) is 11.3 Å². The molecule has 1 aromatic carbocycles. The molecule has 0 heterocycles. The predicted molar refractivity (Wildman–Crippen MR) is 68.1 cm³/mol. The van der Waals surface area contributed by atoms with Gasteiger partial charge in [-0.05, 0) is 36.8 Å². The molecular formula is C14H19F3N2. The lowest BCUT2D eigenvalue weighted by molar-refractivity contribution is -0.0495. The van der Waals surface area contributed by atoms with Crippen LogP contribution in [0.5, 0.6) is 0 Å². The van der Waals surface area contributed by atoms with E-state index in [2.05, 4.69) is 5.43 Å². The molecule has 106 valence electrons. The van der Waals surface area contributed by atoms with Gasteiger partial charge in [-0.1, -0.05) is 18.2 Å². The fourth-order valence-electron chi connectivity index (χ4n) is 2.73. The van der Waals surface area contributed by atoms with Gasteiger partial charge < -0.3 is 0 Å². The van der Waals surface area contributed by atoms with E-state index in [4.69, 9.17) is 5.84 Å². The van der Waals surface area contributed by atoms with Gasteiger partial charge in [-0.2, -0.15) is 0 Å². The van der Waals surface area contributed by atoms with E-state index in [0.717, 1.165) is 0 Å². The van der Waals surface area contributed by atoms with Crippen LogP contribution < -0.4 is 11.3 Å². The Labute approximate surface area is 111 Å². The average Bonchev–Trinajstić information content (AvgIpc) is 2.38. The summed E-state index contributed by atoms with van der Waals surface area (Å²) in [6, 6.07) is 6.34. The zero-order chi connectivity index (χ0) is 13.9. The quantitative estimate of drug-likeness (QED) is 0.653. The SMILES string of the molecule is NNC(Cc1ccccc1F)C1CCC(F)(F)CC1. The van der Waals surface area contributed by atoms with Gasteiger partial charge in [0.2, 0.25) is 5.92 Å². The molecule has 0 amide bonds. The topological polar surface area (TPSA) is 38.0 Å². The number of hydrogen-bond acceptors (Lipinski definition) is 2. The van der Waals surface area contributed by atoms with Gasteiger partial charge in [0.05, 0.1) is 0 Å². The normalized spacial score (nSPS) is 21.3. The molecule has 0 radical (unpaired) electrons. The first-order valence-electron chi connectivity index (χ1n) is 6.59. The van der Waals surface area contributed by atoms with Gasteiger partial charge >= 0.3 is 0 Å². The van der Waals surface area contributed by atoms with Gasteiger partial charge in [0.1, 0.15) is 5.82 Å². The van der Waals surface area contributed by atoms with Gasteiger partial charge in [-0.25, -0.2) is 13.2 Å². The van der Waals surface area contributed by atoms with E-state index in [0.29, 0.717) is 24.8 Å². The van der Waals surface area contributed by atoms with E-state index in [1.54, 1.807) is 18.2 Å². The summed E-state index contributed by atoms with van der Waals surface area (Å²) < 4.78 is 39.8. The molecule has 1 unspecified atom stereocenters. The summed E-state index contributed by atoms with van der Waals surface area (Å²) in [5.74, 6) is 2.76. The molecule has 0 aliphatic heterocycles. The molecule has 1 fully saturated rings. The first kappa shape index (κ1) is 14.3. The summed E-state index contributed by atoms with van der Waals surface area (Å²) in [4.78, 5) is 0. The number of alkyl halides is 2. The Bertz CT molecular complexity index is 413. The van der Waals surface area contributed by atoms with Gasteiger partial charge in [0, 0.05) is 18.9 Å². The molecule has 1 aliphatic rings. The van der Waals surface area contributed by atoms with Crippen LogP contribution in [-0.2, 0) is 6.42 Å². The van der Waals surface area contributed by atoms with Crippen LogP contribution in [0.3, 0.4) is 0 Å². The molecule has 2 nitrogen and oxygen atoms in total. The third-order valence-electron chi connectivity index (χ3n) is 3.94. The smallest absolute Gasteiger partial charge is 0.248 e. The zero-order valence-electron chi connectivity index (χ0n) is 10.7. The second-order valence-corrected chi connectivity index (χ2v) is 5.26. The number of hydrazine groups is 1. The number of halogens is 3. The largest absolute Gasteiger partial charge is 0.271 e. The van der Waals surface area contributed by atoms with Crippen LogP contribution in [0, 0.1) is 11.7 Å². The summed E-state index contributed by atoms with van der Waals surface area (Å²) in [6.07, 6.45) is 1.08. The Morgan fingerprint density at radius 1 is 1.26 bits per heavy atom. The molecular weight excluding hydrogens is 253 g/mol. The molecule has 5 heteroatoms. The highest BCUT2D eigenvalue weighted by Gasteiger charge is 2.37. The predicted octanol–water partition coefficient (Wildman–Crippen LogP) is 3.03.